The molecule has 5 aromatic rings. The molecule has 1 saturated heterocycles. The molecule has 11 nitrogen and oxygen atoms in total. The van der Waals surface area contributed by atoms with Crippen molar-refractivity contribution in [2.24, 2.45) is 0 Å². The van der Waals surface area contributed by atoms with E-state index in [4.69, 9.17) is 37.7 Å². The van der Waals surface area contributed by atoms with Gasteiger partial charge in [0.15, 0.2) is 0 Å². The summed E-state index contributed by atoms with van der Waals surface area (Å²) in [5.74, 6) is 0.823. The number of pyridine rings is 2. The summed E-state index contributed by atoms with van der Waals surface area (Å²) in [6.07, 6.45) is 4.33. The van der Waals surface area contributed by atoms with E-state index in [0.29, 0.717) is 65.2 Å². The normalized spacial score (nSPS) is 19.8. The first-order valence-electron chi connectivity index (χ1n) is 17.2. The van der Waals surface area contributed by atoms with Gasteiger partial charge in [-0.3, -0.25) is 14.0 Å². The second-order valence-electron chi connectivity index (χ2n) is 13.7. The number of nitrogens with zero attached hydrogens (tertiary/aromatic N) is 3. The second-order valence-corrected chi connectivity index (χ2v) is 14.4. The zero-order chi connectivity index (χ0) is 36.6. The summed E-state index contributed by atoms with van der Waals surface area (Å²) in [5, 5.41) is 20.7. The fraction of sp³-hybridized carbons (Fsp3) is 0.333. The number of hydrogen-bond donors (Lipinski definition) is 4. The SMILES string of the molecule is COc1nc(-c2cccc(-c3cccc(-c4ccn5c(=O)c(CNC6CC(C)(O)C6)c(OC)nc5c4)c3Cl)c2Cl)ccc1CNC[C@@H]1CCC(=O)N1. The van der Waals surface area contributed by atoms with Gasteiger partial charge in [-0.15, -0.1) is 0 Å². The molecule has 0 radical (unpaired) electrons. The maximum absolute atomic E-state index is 13.5. The summed E-state index contributed by atoms with van der Waals surface area (Å²) in [6, 6.07) is 19.3. The van der Waals surface area contributed by atoms with Crippen LogP contribution in [0.2, 0.25) is 10.0 Å². The van der Waals surface area contributed by atoms with Gasteiger partial charge in [0.1, 0.15) is 5.65 Å². The number of methoxy groups -OCH3 is 2. The van der Waals surface area contributed by atoms with Crippen molar-refractivity contribution in [3.8, 4) is 45.3 Å². The van der Waals surface area contributed by atoms with Crippen molar-refractivity contribution in [1.29, 1.82) is 0 Å². The summed E-state index contributed by atoms with van der Waals surface area (Å²) in [6.45, 7) is 3.29. The standard InChI is InChI=1S/C39H40Cl2N6O5/c1-39(50)17-25(18-39)43-21-30-37(52-3)46-32-16-22(14-15-47(32)38(30)49)26-6-4-7-27(34(26)40)28-8-5-9-29(35(28)41)31-12-10-23(36(45-31)51-2)19-42-20-24-11-13-33(48)44-24/h4-10,12,14-16,24-25,42-43,50H,11,13,17-21H2,1-3H3,(H,44,48)/t24-,25?,39?/m0/s1. The van der Waals surface area contributed by atoms with E-state index in [2.05, 4.69) is 20.9 Å². The minimum absolute atomic E-state index is 0.0902. The Hall–Kier alpha value is -4.52. The van der Waals surface area contributed by atoms with Gasteiger partial charge in [-0.1, -0.05) is 65.7 Å². The fourth-order valence-electron chi connectivity index (χ4n) is 7.08. The van der Waals surface area contributed by atoms with Gasteiger partial charge in [-0.2, -0.15) is 4.98 Å². The zero-order valence-electron chi connectivity index (χ0n) is 29.1. The Balaban J connectivity index is 1.14. The number of aromatic nitrogens is 3. The molecule has 1 aliphatic carbocycles. The number of nitrogens with one attached hydrogen (secondary N) is 3. The van der Waals surface area contributed by atoms with Crippen LogP contribution in [0.25, 0.3) is 39.2 Å². The maximum atomic E-state index is 13.5. The molecule has 7 rings (SSSR count). The van der Waals surface area contributed by atoms with Crippen molar-refractivity contribution in [3.63, 3.8) is 0 Å². The van der Waals surface area contributed by atoms with Crippen molar-refractivity contribution in [2.45, 2.75) is 63.4 Å². The van der Waals surface area contributed by atoms with Gasteiger partial charge in [-0.25, -0.2) is 4.98 Å². The van der Waals surface area contributed by atoms with Crippen molar-refractivity contribution >= 4 is 34.8 Å². The third-order valence-electron chi connectivity index (χ3n) is 9.82. The van der Waals surface area contributed by atoms with Gasteiger partial charge in [0.25, 0.3) is 5.56 Å². The number of halogens is 2. The number of aliphatic hydroxyl groups is 1. The molecule has 4 N–H and O–H groups in total. The molecule has 4 heterocycles. The molecule has 2 aliphatic rings. The lowest BCUT2D eigenvalue weighted by Crippen LogP contribution is -2.51. The molecule has 0 spiro atoms. The van der Waals surface area contributed by atoms with Gasteiger partial charge < -0.3 is 30.5 Å². The molecule has 52 heavy (non-hydrogen) atoms. The van der Waals surface area contributed by atoms with Crippen molar-refractivity contribution < 1.29 is 19.4 Å². The van der Waals surface area contributed by atoms with Crippen LogP contribution in [0.5, 0.6) is 11.8 Å². The van der Waals surface area contributed by atoms with E-state index in [1.54, 1.807) is 20.2 Å². The smallest absolute Gasteiger partial charge is 0.266 e. The number of fused-ring (bicyclic) bond motifs is 1. The predicted molar refractivity (Wildman–Crippen MR) is 202 cm³/mol. The lowest BCUT2D eigenvalue weighted by atomic mass is 9.77. The minimum Gasteiger partial charge on any atom is -0.481 e. The van der Waals surface area contributed by atoms with Crippen molar-refractivity contribution in [1.82, 2.24) is 30.3 Å². The van der Waals surface area contributed by atoms with E-state index in [1.807, 2.05) is 60.7 Å². The molecule has 2 fully saturated rings. The summed E-state index contributed by atoms with van der Waals surface area (Å²) < 4.78 is 12.7. The second kappa shape index (κ2) is 14.8. The summed E-state index contributed by atoms with van der Waals surface area (Å²) in [4.78, 5) is 34.5. The first-order valence-corrected chi connectivity index (χ1v) is 18.0. The van der Waals surface area contributed by atoms with Crippen LogP contribution in [0.3, 0.4) is 0 Å². The highest BCUT2D eigenvalue weighted by Gasteiger charge is 2.38. The van der Waals surface area contributed by atoms with E-state index >= 15 is 0 Å². The molecular formula is C39H40Cl2N6O5. The Kier molecular flexibility index (Phi) is 10.2. The summed E-state index contributed by atoms with van der Waals surface area (Å²) in [5.41, 5.74) is 5.17. The molecule has 0 bridgehead atoms. The van der Waals surface area contributed by atoms with Crippen LogP contribution in [0.4, 0.5) is 0 Å². The van der Waals surface area contributed by atoms with Gasteiger partial charge in [-0.05, 0) is 49.9 Å². The Bertz CT molecular complexity index is 2220. The Morgan fingerprint density at radius 3 is 2.29 bits per heavy atom. The number of rotatable bonds is 12. The average Bonchev–Trinajstić information content (AvgIpc) is 3.55. The highest BCUT2D eigenvalue weighted by molar-refractivity contribution is 6.39. The summed E-state index contributed by atoms with van der Waals surface area (Å²) in [7, 11) is 3.08. The van der Waals surface area contributed by atoms with Crippen LogP contribution >= 0.6 is 23.2 Å². The Morgan fingerprint density at radius 2 is 1.62 bits per heavy atom. The monoisotopic (exact) mass is 742 g/mol. The van der Waals surface area contributed by atoms with Gasteiger partial charge in [0.05, 0.1) is 41.1 Å². The largest absolute Gasteiger partial charge is 0.481 e. The predicted octanol–water partition coefficient (Wildman–Crippen LogP) is 5.79. The van der Waals surface area contributed by atoms with E-state index in [0.717, 1.165) is 39.8 Å². The highest BCUT2D eigenvalue weighted by Crippen LogP contribution is 2.42. The van der Waals surface area contributed by atoms with E-state index < -0.39 is 5.60 Å². The third kappa shape index (κ3) is 7.24. The molecule has 3 aromatic heterocycles. The van der Waals surface area contributed by atoms with Crippen LogP contribution < -0.4 is 31.0 Å². The van der Waals surface area contributed by atoms with E-state index in [1.165, 1.54) is 11.5 Å². The third-order valence-corrected chi connectivity index (χ3v) is 10.6. The number of ether oxygens (including phenoxy) is 2. The molecule has 1 amide bonds. The van der Waals surface area contributed by atoms with Gasteiger partial charge >= 0.3 is 0 Å². The van der Waals surface area contributed by atoms with E-state index in [-0.39, 0.29) is 36.0 Å². The lowest BCUT2D eigenvalue weighted by molar-refractivity contribution is -0.119. The highest BCUT2D eigenvalue weighted by atomic mass is 35.5. The molecule has 1 saturated carbocycles. The van der Waals surface area contributed by atoms with Crippen LogP contribution in [0.1, 0.15) is 43.7 Å². The Morgan fingerprint density at radius 1 is 0.923 bits per heavy atom. The van der Waals surface area contributed by atoms with Gasteiger partial charge in [0.2, 0.25) is 17.7 Å². The Labute approximate surface area is 311 Å². The van der Waals surface area contributed by atoms with Crippen molar-refractivity contribution in [3.05, 3.63) is 98.4 Å². The molecule has 1 atom stereocenters. The number of hydrogen-bond acceptors (Lipinski definition) is 9. The fourth-order valence-corrected chi connectivity index (χ4v) is 7.74. The number of benzene rings is 2. The molecular weight excluding hydrogens is 703 g/mol. The topological polar surface area (TPSA) is 139 Å². The quantitative estimate of drug-likeness (QED) is 0.125. The number of carbonyl (C=O) groups is 1. The molecule has 1 aliphatic heterocycles. The summed E-state index contributed by atoms with van der Waals surface area (Å²) >= 11 is 14.2. The molecule has 13 heteroatoms. The van der Waals surface area contributed by atoms with Crippen molar-refractivity contribution in [2.75, 3.05) is 20.8 Å². The average molecular weight is 744 g/mol. The molecule has 2 aromatic carbocycles. The first-order chi connectivity index (χ1) is 25.0. The lowest BCUT2D eigenvalue weighted by Gasteiger charge is -2.41. The maximum Gasteiger partial charge on any atom is 0.266 e. The van der Waals surface area contributed by atoms with Crippen LogP contribution in [-0.4, -0.2) is 63.8 Å². The van der Waals surface area contributed by atoms with Crippen LogP contribution in [0.15, 0.2) is 71.7 Å². The zero-order valence-corrected chi connectivity index (χ0v) is 30.6. The van der Waals surface area contributed by atoms with Gasteiger partial charge in [0, 0.05) is 72.2 Å². The molecule has 270 valence electrons. The van der Waals surface area contributed by atoms with E-state index in [9.17, 15) is 14.7 Å². The van der Waals surface area contributed by atoms with Crippen LogP contribution in [-0.2, 0) is 17.9 Å². The minimum atomic E-state index is -0.671. The van der Waals surface area contributed by atoms with Crippen LogP contribution in [0, 0.1) is 0 Å². The number of amides is 1. The molecule has 0 unspecified atom stereocenters. The number of carbonyl (C=O) groups excluding carboxylic acids is 1. The first kappa shape index (κ1) is 35.9.